The standard InChI is InChI=1S/C7H9NOS/c1-6(9)8-4-7-2-3-10-5-7/h2-3,5H,4H2,1H3,(H,8,9). The summed E-state index contributed by atoms with van der Waals surface area (Å²) in [5, 5.41) is 6.74. The second-order valence-corrected chi connectivity index (χ2v) is 2.82. The molecule has 0 spiro atoms. The van der Waals surface area contributed by atoms with E-state index in [9.17, 15) is 4.79 Å². The van der Waals surface area contributed by atoms with Gasteiger partial charge in [0.25, 0.3) is 0 Å². The third-order valence-electron chi connectivity index (χ3n) is 1.12. The number of hydrogen-bond donors (Lipinski definition) is 1. The zero-order valence-corrected chi connectivity index (χ0v) is 6.57. The molecule has 0 atom stereocenters. The first kappa shape index (κ1) is 7.28. The number of hydrogen-bond acceptors (Lipinski definition) is 2. The lowest BCUT2D eigenvalue weighted by atomic mass is 10.3. The van der Waals surface area contributed by atoms with E-state index in [-0.39, 0.29) is 5.91 Å². The summed E-state index contributed by atoms with van der Waals surface area (Å²) < 4.78 is 0. The summed E-state index contributed by atoms with van der Waals surface area (Å²) >= 11 is 1.64. The van der Waals surface area contributed by atoms with Crippen LogP contribution in [0.25, 0.3) is 0 Å². The number of carbonyl (C=O) groups is 1. The average molecular weight is 155 g/mol. The molecule has 2 nitrogen and oxygen atoms in total. The molecule has 1 amide bonds. The van der Waals surface area contributed by atoms with E-state index in [2.05, 4.69) is 5.32 Å². The zero-order valence-electron chi connectivity index (χ0n) is 5.76. The minimum absolute atomic E-state index is 0.0196. The molecular weight excluding hydrogens is 146 g/mol. The first-order valence-corrected chi connectivity index (χ1v) is 3.99. The van der Waals surface area contributed by atoms with Crippen molar-refractivity contribution in [3.8, 4) is 0 Å². The second kappa shape index (κ2) is 3.37. The largest absolute Gasteiger partial charge is 0.352 e. The normalized spacial score (nSPS) is 9.30. The lowest BCUT2D eigenvalue weighted by Crippen LogP contribution is -2.18. The molecule has 0 aliphatic heterocycles. The maximum Gasteiger partial charge on any atom is 0.217 e. The third kappa shape index (κ3) is 2.19. The molecule has 0 saturated carbocycles. The highest BCUT2D eigenvalue weighted by atomic mass is 32.1. The number of thiophene rings is 1. The van der Waals surface area contributed by atoms with Crippen molar-refractivity contribution in [2.24, 2.45) is 0 Å². The summed E-state index contributed by atoms with van der Waals surface area (Å²) in [6, 6.07) is 2.00. The van der Waals surface area contributed by atoms with Crippen molar-refractivity contribution >= 4 is 17.2 Å². The Morgan fingerprint density at radius 1 is 1.80 bits per heavy atom. The topological polar surface area (TPSA) is 29.1 Å². The molecule has 0 radical (unpaired) electrons. The van der Waals surface area contributed by atoms with Gasteiger partial charge in [0.1, 0.15) is 0 Å². The Labute approximate surface area is 63.9 Å². The van der Waals surface area contributed by atoms with Gasteiger partial charge in [-0.1, -0.05) is 0 Å². The van der Waals surface area contributed by atoms with Crippen LogP contribution in [0.15, 0.2) is 16.8 Å². The van der Waals surface area contributed by atoms with Crippen molar-refractivity contribution in [1.29, 1.82) is 0 Å². The highest BCUT2D eigenvalue weighted by molar-refractivity contribution is 7.07. The Balaban J connectivity index is 2.35. The van der Waals surface area contributed by atoms with Crippen molar-refractivity contribution in [1.82, 2.24) is 5.32 Å². The van der Waals surface area contributed by atoms with Gasteiger partial charge in [0, 0.05) is 13.5 Å². The molecule has 0 unspecified atom stereocenters. The average Bonchev–Trinajstić information content (AvgIpc) is 2.34. The first-order valence-electron chi connectivity index (χ1n) is 3.04. The van der Waals surface area contributed by atoms with E-state index in [4.69, 9.17) is 0 Å². The van der Waals surface area contributed by atoms with E-state index in [1.807, 2.05) is 16.8 Å². The van der Waals surface area contributed by atoms with Gasteiger partial charge < -0.3 is 5.32 Å². The van der Waals surface area contributed by atoms with Gasteiger partial charge in [0.05, 0.1) is 0 Å². The molecule has 0 aromatic carbocycles. The molecular formula is C7H9NOS. The Bertz CT molecular complexity index is 205. The maximum atomic E-state index is 10.4. The molecule has 10 heavy (non-hydrogen) atoms. The maximum absolute atomic E-state index is 10.4. The van der Waals surface area contributed by atoms with E-state index >= 15 is 0 Å². The van der Waals surface area contributed by atoms with Crippen molar-refractivity contribution in [2.75, 3.05) is 0 Å². The fraction of sp³-hybridized carbons (Fsp3) is 0.286. The number of amides is 1. The highest BCUT2D eigenvalue weighted by Crippen LogP contribution is 2.04. The van der Waals surface area contributed by atoms with E-state index < -0.39 is 0 Å². The van der Waals surface area contributed by atoms with Crippen LogP contribution in [0.2, 0.25) is 0 Å². The molecule has 3 heteroatoms. The molecule has 1 rings (SSSR count). The highest BCUT2D eigenvalue weighted by Gasteiger charge is 1.92. The molecule has 1 heterocycles. The number of rotatable bonds is 2. The summed E-state index contributed by atoms with van der Waals surface area (Å²) in [4.78, 5) is 10.4. The van der Waals surface area contributed by atoms with Crippen LogP contribution in [0.3, 0.4) is 0 Å². The van der Waals surface area contributed by atoms with Crippen molar-refractivity contribution in [3.63, 3.8) is 0 Å². The van der Waals surface area contributed by atoms with E-state index in [1.54, 1.807) is 11.3 Å². The molecule has 1 aromatic heterocycles. The molecule has 0 bridgehead atoms. The Hall–Kier alpha value is -0.830. The van der Waals surface area contributed by atoms with E-state index in [0.717, 1.165) is 0 Å². The summed E-state index contributed by atoms with van der Waals surface area (Å²) in [6.45, 7) is 2.17. The summed E-state index contributed by atoms with van der Waals surface area (Å²) in [5.41, 5.74) is 1.17. The van der Waals surface area contributed by atoms with Gasteiger partial charge in [-0.25, -0.2) is 0 Å². The van der Waals surface area contributed by atoms with Gasteiger partial charge in [-0.3, -0.25) is 4.79 Å². The zero-order chi connectivity index (χ0) is 7.40. The van der Waals surface area contributed by atoms with Crippen molar-refractivity contribution < 1.29 is 4.79 Å². The predicted molar refractivity (Wildman–Crippen MR) is 41.8 cm³/mol. The molecule has 1 N–H and O–H groups in total. The van der Waals surface area contributed by atoms with Crippen LogP contribution in [0.4, 0.5) is 0 Å². The Morgan fingerprint density at radius 2 is 2.60 bits per heavy atom. The predicted octanol–water partition coefficient (Wildman–Crippen LogP) is 1.38. The van der Waals surface area contributed by atoms with E-state index in [0.29, 0.717) is 6.54 Å². The quantitative estimate of drug-likeness (QED) is 0.687. The van der Waals surface area contributed by atoms with Crippen LogP contribution in [0.1, 0.15) is 12.5 Å². The Morgan fingerprint density at radius 3 is 3.10 bits per heavy atom. The van der Waals surface area contributed by atoms with E-state index in [1.165, 1.54) is 12.5 Å². The van der Waals surface area contributed by atoms with Gasteiger partial charge in [-0.05, 0) is 22.4 Å². The number of carbonyl (C=O) groups excluding carboxylic acids is 1. The second-order valence-electron chi connectivity index (χ2n) is 2.04. The van der Waals surface area contributed by atoms with Crippen LogP contribution in [-0.4, -0.2) is 5.91 Å². The third-order valence-corrected chi connectivity index (χ3v) is 1.85. The van der Waals surface area contributed by atoms with Gasteiger partial charge in [0.2, 0.25) is 5.91 Å². The molecule has 0 aliphatic rings. The minimum Gasteiger partial charge on any atom is -0.352 e. The lowest BCUT2D eigenvalue weighted by molar-refractivity contribution is -0.119. The fourth-order valence-corrected chi connectivity index (χ4v) is 1.29. The van der Waals surface area contributed by atoms with Gasteiger partial charge in [0.15, 0.2) is 0 Å². The molecule has 54 valence electrons. The van der Waals surface area contributed by atoms with Crippen LogP contribution >= 0.6 is 11.3 Å². The van der Waals surface area contributed by atoms with Gasteiger partial charge in [-0.2, -0.15) is 11.3 Å². The monoisotopic (exact) mass is 155 g/mol. The van der Waals surface area contributed by atoms with Gasteiger partial charge in [-0.15, -0.1) is 0 Å². The Kier molecular flexibility index (Phi) is 2.45. The minimum atomic E-state index is 0.0196. The summed E-state index contributed by atoms with van der Waals surface area (Å²) in [7, 11) is 0. The van der Waals surface area contributed by atoms with Crippen LogP contribution < -0.4 is 5.32 Å². The van der Waals surface area contributed by atoms with Crippen molar-refractivity contribution in [3.05, 3.63) is 22.4 Å². The fourth-order valence-electron chi connectivity index (χ4n) is 0.620. The van der Waals surface area contributed by atoms with Crippen LogP contribution in [0, 0.1) is 0 Å². The molecule has 0 fully saturated rings. The molecule has 0 aliphatic carbocycles. The molecule has 1 aromatic rings. The lowest BCUT2D eigenvalue weighted by Gasteiger charge is -1.96. The van der Waals surface area contributed by atoms with Crippen molar-refractivity contribution in [2.45, 2.75) is 13.5 Å². The number of nitrogens with one attached hydrogen (secondary N) is 1. The molecule has 0 saturated heterocycles. The van der Waals surface area contributed by atoms with Crippen LogP contribution in [-0.2, 0) is 11.3 Å². The van der Waals surface area contributed by atoms with Gasteiger partial charge >= 0.3 is 0 Å². The van der Waals surface area contributed by atoms with Crippen LogP contribution in [0.5, 0.6) is 0 Å². The first-order chi connectivity index (χ1) is 4.79. The summed E-state index contributed by atoms with van der Waals surface area (Å²) in [5.74, 6) is 0.0196. The SMILES string of the molecule is CC(=O)NCc1ccsc1. The summed E-state index contributed by atoms with van der Waals surface area (Å²) in [6.07, 6.45) is 0. The smallest absolute Gasteiger partial charge is 0.217 e.